The zero-order valence-corrected chi connectivity index (χ0v) is 18.5. The predicted molar refractivity (Wildman–Crippen MR) is 118 cm³/mol. The highest BCUT2D eigenvalue weighted by Crippen LogP contribution is 2.27. The summed E-state index contributed by atoms with van der Waals surface area (Å²) in [4.78, 5) is 4.87. The molecule has 0 atom stereocenters. The second kappa shape index (κ2) is 14.3. The van der Waals surface area contributed by atoms with Crippen molar-refractivity contribution < 1.29 is 9.47 Å². The Labute approximate surface area is 177 Å². The third-order valence-electron chi connectivity index (χ3n) is 5.46. The Balaban J connectivity index is 1.92. The number of ether oxygens (including phenoxy) is 2. The molecule has 1 saturated heterocycles. The number of nitrogens with zero attached hydrogens (tertiary/aromatic N) is 3. The van der Waals surface area contributed by atoms with E-state index in [-0.39, 0.29) is 0 Å². The fourth-order valence-electron chi connectivity index (χ4n) is 3.59. The molecule has 0 spiro atoms. The van der Waals surface area contributed by atoms with Crippen LogP contribution in [0.3, 0.4) is 0 Å². The number of benzene rings is 1. The van der Waals surface area contributed by atoms with Gasteiger partial charge >= 0.3 is 0 Å². The minimum absolute atomic E-state index is 0.621. The first-order valence-electron chi connectivity index (χ1n) is 11.5. The van der Waals surface area contributed by atoms with Gasteiger partial charge in [0, 0.05) is 57.3 Å². The van der Waals surface area contributed by atoms with Gasteiger partial charge in [0.1, 0.15) is 11.5 Å². The summed E-state index contributed by atoms with van der Waals surface area (Å²) in [5.74, 6) is 1.89. The molecule has 0 N–H and O–H groups in total. The summed E-state index contributed by atoms with van der Waals surface area (Å²) in [6.07, 6.45) is 7.63. The van der Waals surface area contributed by atoms with E-state index in [0.29, 0.717) is 6.42 Å². The van der Waals surface area contributed by atoms with Gasteiger partial charge in [-0.1, -0.05) is 45.6 Å². The maximum Gasteiger partial charge on any atom is 0.127 e. The van der Waals surface area contributed by atoms with Crippen molar-refractivity contribution in [3.63, 3.8) is 0 Å². The van der Waals surface area contributed by atoms with Gasteiger partial charge < -0.3 is 9.47 Å². The average Bonchev–Trinajstić information content (AvgIpc) is 2.75. The molecule has 1 aliphatic heterocycles. The third-order valence-corrected chi connectivity index (χ3v) is 5.46. The summed E-state index contributed by atoms with van der Waals surface area (Å²) < 4.78 is 12.1. The maximum absolute atomic E-state index is 8.77. The summed E-state index contributed by atoms with van der Waals surface area (Å²) in [5, 5.41) is 8.77. The van der Waals surface area contributed by atoms with E-state index in [1.54, 1.807) is 0 Å². The minimum atomic E-state index is 0.621. The van der Waals surface area contributed by atoms with Crippen LogP contribution in [-0.4, -0.2) is 55.7 Å². The van der Waals surface area contributed by atoms with Crippen LogP contribution in [0.1, 0.15) is 64.4 Å². The van der Waals surface area contributed by atoms with Crippen LogP contribution in [0.2, 0.25) is 0 Å². The molecule has 0 aliphatic carbocycles. The molecule has 2 rings (SSSR count). The minimum Gasteiger partial charge on any atom is -0.493 e. The molecule has 1 heterocycles. The number of hydrogen-bond acceptors (Lipinski definition) is 5. The van der Waals surface area contributed by atoms with Gasteiger partial charge in [0.15, 0.2) is 0 Å². The molecule has 162 valence electrons. The first-order valence-corrected chi connectivity index (χ1v) is 11.5. The molecule has 0 unspecified atom stereocenters. The Bertz CT molecular complexity index is 607. The Kier molecular flexibility index (Phi) is 11.6. The fourth-order valence-corrected chi connectivity index (χ4v) is 3.59. The van der Waals surface area contributed by atoms with Gasteiger partial charge in [-0.05, 0) is 18.9 Å². The van der Waals surface area contributed by atoms with Crippen LogP contribution in [0.4, 0.5) is 0 Å². The summed E-state index contributed by atoms with van der Waals surface area (Å²) in [7, 11) is 0. The van der Waals surface area contributed by atoms with E-state index in [9.17, 15) is 0 Å². The van der Waals surface area contributed by atoms with E-state index in [1.165, 1.54) is 31.2 Å². The van der Waals surface area contributed by atoms with Gasteiger partial charge in [-0.25, -0.2) is 0 Å². The van der Waals surface area contributed by atoms with Gasteiger partial charge in [-0.2, -0.15) is 5.26 Å². The van der Waals surface area contributed by atoms with Gasteiger partial charge in [0.25, 0.3) is 0 Å². The topological polar surface area (TPSA) is 48.7 Å². The monoisotopic (exact) mass is 401 g/mol. The van der Waals surface area contributed by atoms with Crippen molar-refractivity contribution in [2.45, 2.75) is 65.3 Å². The van der Waals surface area contributed by atoms with Crippen LogP contribution in [-0.2, 0) is 6.54 Å². The molecule has 1 aliphatic rings. The quantitative estimate of drug-likeness (QED) is 0.417. The lowest BCUT2D eigenvalue weighted by molar-refractivity contribution is 0.128. The van der Waals surface area contributed by atoms with Crippen molar-refractivity contribution in [2.75, 3.05) is 45.9 Å². The SMILES string of the molecule is CCCCCOc1ccc(CN2CCN(CCC#N)CC2)c(OCCCCC)c1. The Hall–Kier alpha value is -1.77. The second-order valence-electron chi connectivity index (χ2n) is 7.91. The normalized spacial score (nSPS) is 15.2. The lowest BCUT2D eigenvalue weighted by atomic mass is 10.1. The second-order valence-corrected chi connectivity index (χ2v) is 7.91. The number of rotatable bonds is 14. The Morgan fingerprint density at radius 3 is 2.21 bits per heavy atom. The molecule has 0 radical (unpaired) electrons. The van der Waals surface area contributed by atoms with Crippen molar-refractivity contribution >= 4 is 0 Å². The smallest absolute Gasteiger partial charge is 0.127 e. The standard InChI is InChI=1S/C24H39N3O2/c1-3-5-7-18-28-23-11-10-22(24(20-23)29-19-8-6-4-2)21-27-16-14-26(15-17-27)13-9-12-25/h10-11,20H,3-9,13-19,21H2,1-2H3. The van der Waals surface area contributed by atoms with E-state index < -0.39 is 0 Å². The van der Waals surface area contributed by atoms with Crippen molar-refractivity contribution in [1.29, 1.82) is 5.26 Å². The number of nitriles is 1. The van der Waals surface area contributed by atoms with Crippen molar-refractivity contribution in [3.8, 4) is 17.6 Å². The largest absolute Gasteiger partial charge is 0.493 e. The highest BCUT2D eigenvalue weighted by Gasteiger charge is 2.18. The van der Waals surface area contributed by atoms with E-state index in [1.807, 2.05) is 0 Å². The molecule has 5 heteroatoms. The molecule has 5 nitrogen and oxygen atoms in total. The average molecular weight is 402 g/mol. The Morgan fingerprint density at radius 1 is 0.897 bits per heavy atom. The predicted octanol–water partition coefficient (Wildman–Crippen LogP) is 4.86. The van der Waals surface area contributed by atoms with Crippen LogP contribution in [0.25, 0.3) is 0 Å². The van der Waals surface area contributed by atoms with Gasteiger partial charge in [-0.15, -0.1) is 0 Å². The van der Waals surface area contributed by atoms with E-state index in [2.05, 4.69) is 47.9 Å². The molecule has 0 aromatic heterocycles. The van der Waals surface area contributed by atoms with Gasteiger partial charge in [-0.3, -0.25) is 9.80 Å². The highest BCUT2D eigenvalue weighted by atomic mass is 16.5. The molecular weight excluding hydrogens is 362 g/mol. The van der Waals surface area contributed by atoms with Crippen molar-refractivity contribution in [3.05, 3.63) is 23.8 Å². The van der Waals surface area contributed by atoms with Crippen LogP contribution in [0.15, 0.2) is 18.2 Å². The molecular formula is C24H39N3O2. The maximum atomic E-state index is 8.77. The molecule has 0 bridgehead atoms. The van der Waals surface area contributed by atoms with Gasteiger partial charge in [0.05, 0.1) is 19.3 Å². The lowest BCUT2D eigenvalue weighted by Gasteiger charge is -2.34. The van der Waals surface area contributed by atoms with Crippen molar-refractivity contribution in [1.82, 2.24) is 9.80 Å². The summed E-state index contributed by atoms with van der Waals surface area (Å²) in [6, 6.07) is 8.58. The van der Waals surface area contributed by atoms with Crippen LogP contribution < -0.4 is 9.47 Å². The molecule has 1 aromatic rings. The van der Waals surface area contributed by atoms with E-state index in [0.717, 1.165) is 76.8 Å². The first kappa shape index (κ1) is 23.5. The Morgan fingerprint density at radius 2 is 1.55 bits per heavy atom. The number of unbranched alkanes of at least 4 members (excludes halogenated alkanes) is 4. The molecule has 1 fully saturated rings. The van der Waals surface area contributed by atoms with Crippen molar-refractivity contribution in [2.24, 2.45) is 0 Å². The zero-order valence-electron chi connectivity index (χ0n) is 18.5. The van der Waals surface area contributed by atoms with Gasteiger partial charge in [0.2, 0.25) is 0 Å². The summed E-state index contributed by atoms with van der Waals surface area (Å²) in [6.45, 7) is 11.9. The van der Waals surface area contributed by atoms with Crippen LogP contribution in [0, 0.1) is 11.3 Å². The molecule has 0 amide bonds. The number of piperazine rings is 1. The third kappa shape index (κ3) is 9.06. The molecule has 1 aromatic carbocycles. The first-order chi connectivity index (χ1) is 14.3. The van der Waals surface area contributed by atoms with Crippen LogP contribution in [0.5, 0.6) is 11.5 Å². The van der Waals surface area contributed by atoms with E-state index >= 15 is 0 Å². The molecule has 29 heavy (non-hydrogen) atoms. The lowest BCUT2D eigenvalue weighted by Crippen LogP contribution is -2.46. The zero-order chi connectivity index (χ0) is 20.7. The molecule has 0 saturated carbocycles. The van der Waals surface area contributed by atoms with Crippen LogP contribution >= 0.6 is 0 Å². The number of hydrogen-bond donors (Lipinski definition) is 0. The van der Waals surface area contributed by atoms with E-state index in [4.69, 9.17) is 14.7 Å². The fraction of sp³-hybridized carbons (Fsp3) is 0.708. The summed E-state index contributed by atoms with van der Waals surface area (Å²) >= 11 is 0. The highest BCUT2D eigenvalue weighted by molar-refractivity contribution is 5.40. The summed E-state index contributed by atoms with van der Waals surface area (Å²) in [5.41, 5.74) is 1.24.